The van der Waals surface area contributed by atoms with Crippen molar-refractivity contribution in [2.24, 2.45) is 0 Å². The van der Waals surface area contributed by atoms with Crippen LogP contribution in [0.3, 0.4) is 0 Å². The quantitative estimate of drug-likeness (QED) is 0.353. The summed E-state index contributed by atoms with van der Waals surface area (Å²) in [6.07, 6.45) is 0.962. The van der Waals surface area contributed by atoms with Crippen molar-refractivity contribution in [2.75, 3.05) is 21.3 Å². The molecular weight excluding hydrogens is 332 g/mol. The third kappa shape index (κ3) is 3.74. The SMILES string of the molecule is COC(=O)/C=C(/C(=O)OC)c1ccc2oc(=O)cc(C(=O)OC)c2c1. The van der Waals surface area contributed by atoms with Crippen LogP contribution in [0.5, 0.6) is 0 Å². The van der Waals surface area contributed by atoms with Gasteiger partial charge in [-0.05, 0) is 17.7 Å². The van der Waals surface area contributed by atoms with E-state index in [4.69, 9.17) is 4.42 Å². The molecule has 2 rings (SSSR count). The zero-order chi connectivity index (χ0) is 18.6. The van der Waals surface area contributed by atoms with Crippen molar-refractivity contribution in [1.82, 2.24) is 0 Å². The van der Waals surface area contributed by atoms with Gasteiger partial charge in [0.25, 0.3) is 0 Å². The molecule has 1 aromatic heterocycles. The Hall–Kier alpha value is -3.42. The summed E-state index contributed by atoms with van der Waals surface area (Å²) in [5, 5.41) is 0.239. The summed E-state index contributed by atoms with van der Waals surface area (Å²) < 4.78 is 18.9. The Kier molecular flexibility index (Phi) is 5.33. The van der Waals surface area contributed by atoms with Gasteiger partial charge in [0.05, 0.1) is 32.5 Å². The molecule has 2 aromatic rings. The molecule has 8 heteroatoms. The topological polar surface area (TPSA) is 109 Å². The number of carbonyl (C=O) groups excluding carboxylic acids is 3. The van der Waals surface area contributed by atoms with Crippen LogP contribution in [0.15, 0.2) is 39.6 Å². The van der Waals surface area contributed by atoms with Gasteiger partial charge >= 0.3 is 23.5 Å². The highest BCUT2D eigenvalue weighted by Gasteiger charge is 2.19. The molecule has 0 spiro atoms. The third-order valence-electron chi connectivity index (χ3n) is 3.33. The van der Waals surface area contributed by atoms with Crippen LogP contribution in [-0.2, 0) is 23.8 Å². The first-order chi connectivity index (χ1) is 11.9. The molecule has 0 amide bonds. The second-order valence-corrected chi connectivity index (χ2v) is 4.75. The predicted molar refractivity (Wildman–Crippen MR) is 85.8 cm³/mol. The molecule has 0 unspecified atom stereocenters. The molecular formula is C17H14O8. The molecule has 8 nitrogen and oxygen atoms in total. The Balaban J connectivity index is 2.73. The van der Waals surface area contributed by atoms with E-state index in [1.165, 1.54) is 25.3 Å². The van der Waals surface area contributed by atoms with Gasteiger partial charge in [0.15, 0.2) is 0 Å². The van der Waals surface area contributed by atoms with E-state index in [2.05, 4.69) is 14.2 Å². The molecule has 0 aliphatic heterocycles. The van der Waals surface area contributed by atoms with E-state index in [1.807, 2.05) is 0 Å². The van der Waals surface area contributed by atoms with E-state index < -0.39 is 23.5 Å². The molecule has 1 aromatic carbocycles. The minimum Gasteiger partial charge on any atom is -0.466 e. The lowest BCUT2D eigenvalue weighted by molar-refractivity contribution is -0.136. The van der Waals surface area contributed by atoms with Crippen molar-refractivity contribution < 1.29 is 33.0 Å². The first-order valence-electron chi connectivity index (χ1n) is 6.95. The Morgan fingerprint density at radius 1 is 1.00 bits per heavy atom. The molecule has 0 radical (unpaired) electrons. The predicted octanol–water partition coefficient (Wildman–Crippen LogP) is 1.31. The van der Waals surface area contributed by atoms with Crippen molar-refractivity contribution in [3.05, 3.63) is 51.9 Å². The molecule has 0 saturated carbocycles. The van der Waals surface area contributed by atoms with E-state index in [1.54, 1.807) is 0 Å². The number of benzene rings is 1. The highest BCUT2D eigenvalue weighted by Crippen LogP contribution is 2.24. The van der Waals surface area contributed by atoms with Crippen molar-refractivity contribution in [3.63, 3.8) is 0 Å². The van der Waals surface area contributed by atoms with E-state index in [-0.39, 0.29) is 27.7 Å². The molecule has 0 N–H and O–H groups in total. The summed E-state index contributed by atoms with van der Waals surface area (Å²) in [5.41, 5.74) is -0.447. The molecule has 130 valence electrons. The van der Waals surface area contributed by atoms with Crippen LogP contribution < -0.4 is 5.63 Å². The van der Waals surface area contributed by atoms with Gasteiger partial charge in [-0.25, -0.2) is 19.2 Å². The number of carbonyl (C=O) groups is 3. The second kappa shape index (κ2) is 7.43. The first kappa shape index (κ1) is 17.9. The number of rotatable bonds is 4. The maximum absolute atomic E-state index is 12.0. The fraction of sp³-hybridized carbons (Fsp3) is 0.176. The summed E-state index contributed by atoms with van der Waals surface area (Å²) in [7, 11) is 3.50. The fourth-order valence-corrected chi connectivity index (χ4v) is 2.16. The van der Waals surface area contributed by atoms with Gasteiger partial charge in [-0.1, -0.05) is 6.07 Å². The molecule has 1 heterocycles. The van der Waals surface area contributed by atoms with Crippen LogP contribution in [0.1, 0.15) is 15.9 Å². The highest BCUT2D eigenvalue weighted by molar-refractivity contribution is 6.21. The summed E-state index contributed by atoms with van der Waals surface area (Å²) in [6.45, 7) is 0. The zero-order valence-electron chi connectivity index (χ0n) is 13.7. The second-order valence-electron chi connectivity index (χ2n) is 4.75. The summed E-state index contributed by atoms with van der Waals surface area (Å²) in [5.74, 6) is -2.28. The molecule has 0 bridgehead atoms. The van der Waals surface area contributed by atoms with Gasteiger partial charge in [0.2, 0.25) is 0 Å². The van der Waals surface area contributed by atoms with Gasteiger partial charge in [0.1, 0.15) is 5.58 Å². The van der Waals surface area contributed by atoms with Crippen LogP contribution in [0.25, 0.3) is 16.5 Å². The van der Waals surface area contributed by atoms with Crippen molar-refractivity contribution in [3.8, 4) is 0 Å². The lowest BCUT2D eigenvalue weighted by Gasteiger charge is -2.08. The van der Waals surface area contributed by atoms with Gasteiger partial charge < -0.3 is 18.6 Å². The summed E-state index contributed by atoms with van der Waals surface area (Å²) in [6, 6.07) is 5.24. The Bertz CT molecular complexity index is 935. The van der Waals surface area contributed by atoms with Crippen LogP contribution in [0.2, 0.25) is 0 Å². The van der Waals surface area contributed by atoms with Crippen LogP contribution in [0, 0.1) is 0 Å². The lowest BCUT2D eigenvalue weighted by Crippen LogP contribution is -2.10. The number of methoxy groups -OCH3 is 3. The average Bonchev–Trinajstić information content (AvgIpc) is 2.63. The number of esters is 3. The number of fused-ring (bicyclic) bond motifs is 1. The lowest BCUT2D eigenvalue weighted by atomic mass is 10.0. The summed E-state index contributed by atoms with van der Waals surface area (Å²) >= 11 is 0. The third-order valence-corrected chi connectivity index (χ3v) is 3.33. The van der Waals surface area contributed by atoms with E-state index in [0.29, 0.717) is 0 Å². The van der Waals surface area contributed by atoms with Gasteiger partial charge in [-0.15, -0.1) is 0 Å². The first-order valence-corrected chi connectivity index (χ1v) is 6.95. The standard InChI is InChI=1S/C17H14O8/c1-22-14(18)7-10(16(20)23-2)9-4-5-13-11(6-9)12(17(21)24-3)8-15(19)25-13/h4-8H,1-3H3/b10-7+. The van der Waals surface area contributed by atoms with E-state index in [9.17, 15) is 19.2 Å². The molecule has 0 fully saturated rings. The number of hydrogen-bond donors (Lipinski definition) is 0. The number of hydrogen-bond acceptors (Lipinski definition) is 8. The highest BCUT2D eigenvalue weighted by atomic mass is 16.5. The van der Waals surface area contributed by atoms with Gasteiger partial charge in [0, 0.05) is 17.5 Å². The molecule has 0 aliphatic rings. The maximum atomic E-state index is 12.0. The molecule has 0 atom stereocenters. The van der Waals surface area contributed by atoms with Crippen molar-refractivity contribution >= 4 is 34.5 Å². The minimum atomic E-state index is -0.776. The Morgan fingerprint density at radius 2 is 1.72 bits per heavy atom. The van der Waals surface area contributed by atoms with Crippen molar-refractivity contribution in [1.29, 1.82) is 0 Å². The fourth-order valence-electron chi connectivity index (χ4n) is 2.16. The number of ether oxygens (including phenoxy) is 3. The maximum Gasteiger partial charge on any atom is 0.338 e. The molecule has 25 heavy (non-hydrogen) atoms. The zero-order valence-corrected chi connectivity index (χ0v) is 13.7. The van der Waals surface area contributed by atoms with E-state index >= 15 is 0 Å². The average molecular weight is 346 g/mol. The van der Waals surface area contributed by atoms with Crippen LogP contribution >= 0.6 is 0 Å². The van der Waals surface area contributed by atoms with E-state index in [0.717, 1.165) is 26.4 Å². The Labute approximate surface area is 141 Å². The summed E-state index contributed by atoms with van der Waals surface area (Å²) in [4.78, 5) is 46.9. The van der Waals surface area contributed by atoms with Crippen molar-refractivity contribution in [2.45, 2.75) is 0 Å². The molecule has 0 saturated heterocycles. The van der Waals surface area contributed by atoms with Gasteiger partial charge in [-0.3, -0.25) is 0 Å². The molecule has 0 aliphatic carbocycles. The monoisotopic (exact) mass is 346 g/mol. The van der Waals surface area contributed by atoms with Gasteiger partial charge in [-0.2, -0.15) is 0 Å². The van der Waals surface area contributed by atoms with Crippen LogP contribution in [-0.4, -0.2) is 39.2 Å². The Morgan fingerprint density at radius 3 is 2.32 bits per heavy atom. The largest absolute Gasteiger partial charge is 0.466 e. The normalized spacial score (nSPS) is 11.1. The smallest absolute Gasteiger partial charge is 0.338 e. The minimum absolute atomic E-state index is 0.0297. The van der Waals surface area contributed by atoms with Crippen LogP contribution in [0.4, 0.5) is 0 Å².